The number of aromatic hydroxyl groups is 2. The number of amides is 1. The van der Waals surface area contributed by atoms with E-state index in [2.05, 4.69) is 5.32 Å². The number of thiocarbonyl (C=S) groups is 1. The Hall–Kier alpha value is -2.60. The van der Waals surface area contributed by atoms with Crippen molar-refractivity contribution in [1.82, 2.24) is 5.32 Å². The molecule has 0 fully saturated rings. The molecule has 5 nitrogen and oxygen atoms in total. The lowest BCUT2D eigenvalue weighted by molar-refractivity contribution is 0.0943. The SMILES string of the molecule is NC(=S)C(NC(=O)c1cccc(O)c1O)c1ccccc1. The second-order valence-corrected chi connectivity index (χ2v) is 4.86. The maximum Gasteiger partial charge on any atom is 0.256 e. The number of phenolic OH excluding ortho intramolecular Hbond substituents is 2. The van der Waals surface area contributed by atoms with Gasteiger partial charge in [0.2, 0.25) is 0 Å². The zero-order valence-electron chi connectivity index (χ0n) is 11.0. The third-order valence-corrected chi connectivity index (χ3v) is 3.19. The van der Waals surface area contributed by atoms with Gasteiger partial charge in [0.05, 0.1) is 5.56 Å². The second kappa shape index (κ2) is 6.23. The van der Waals surface area contributed by atoms with Gasteiger partial charge in [-0.3, -0.25) is 4.79 Å². The minimum absolute atomic E-state index is 0.0489. The number of phenols is 2. The lowest BCUT2D eigenvalue weighted by Gasteiger charge is -2.18. The molecule has 0 saturated carbocycles. The van der Waals surface area contributed by atoms with Crippen LogP contribution in [0.5, 0.6) is 11.5 Å². The van der Waals surface area contributed by atoms with Crippen LogP contribution in [0.4, 0.5) is 0 Å². The predicted molar refractivity (Wildman–Crippen MR) is 83.2 cm³/mol. The van der Waals surface area contributed by atoms with E-state index in [1.807, 2.05) is 6.07 Å². The number of hydrogen-bond donors (Lipinski definition) is 4. The van der Waals surface area contributed by atoms with Gasteiger partial charge in [-0.1, -0.05) is 48.6 Å². The molecule has 21 heavy (non-hydrogen) atoms. The fraction of sp³-hybridized carbons (Fsp3) is 0.0667. The Morgan fingerprint density at radius 1 is 1.10 bits per heavy atom. The van der Waals surface area contributed by atoms with Crippen molar-refractivity contribution < 1.29 is 15.0 Å². The molecule has 0 aliphatic heterocycles. The predicted octanol–water partition coefficient (Wildman–Crippen LogP) is 1.85. The zero-order chi connectivity index (χ0) is 15.4. The van der Waals surface area contributed by atoms with Gasteiger partial charge in [-0.15, -0.1) is 0 Å². The van der Waals surface area contributed by atoms with Crippen molar-refractivity contribution in [2.75, 3.05) is 0 Å². The first-order valence-corrected chi connectivity index (χ1v) is 6.57. The van der Waals surface area contributed by atoms with Gasteiger partial charge >= 0.3 is 0 Å². The molecule has 1 amide bonds. The van der Waals surface area contributed by atoms with Crippen molar-refractivity contribution in [3.63, 3.8) is 0 Å². The molecule has 0 radical (unpaired) electrons. The molecule has 2 rings (SSSR count). The fourth-order valence-corrected chi connectivity index (χ4v) is 2.08. The Labute approximate surface area is 127 Å². The highest BCUT2D eigenvalue weighted by atomic mass is 32.1. The van der Waals surface area contributed by atoms with E-state index in [1.54, 1.807) is 24.3 Å². The molecule has 5 N–H and O–H groups in total. The van der Waals surface area contributed by atoms with E-state index in [1.165, 1.54) is 18.2 Å². The van der Waals surface area contributed by atoms with Gasteiger partial charge in [-0.25, -0.2) is 0 Å². The number of nitrogens with one attached hydrogen (secondary N) is 1. The van der Waals surface area contributed by atoms with Crippen LogP contribution in [0.1, 0.15) is 22.0 Å². The molecule has 1 atom stereocenters. The highest BCUT2D eigenvalue weighted by Crippen LogP contribution is 2.28. The number of para-hydroxylation sites is 1. The average Bonchev–Trinajstić information content (AvgIpc) is 2.48. The van der Waals surface area contributed by atoms with Gasteiger partial charge in [0.25, 0.3) is 5.91 Å². The molecule has 6 heteroatoms. The quantitative estimate of drug-likeness (QED) is 0.511. The zero-order valence-corrected chi connectivity index (χ0v) is 11.8. The summed E-state index contributed by atoms with van der Waals surface area (Å²) in [6.07, 6.45) is 0. The number of carbonyl (C=O) groups is 1. The molecular formula is C15H14N2O3S. The lowest BCUT2D eigenvalue weighted by atomic mass is 10.1. The number of hydrogen-bond acceptors (Lipinski definition) is 4. The number of rotatable bonds is 4. The highest BCUT2D eigenvalue weighted by molar-refractivity contribution is 7.80. The van der Waals surface area contributed by atoms with E-state index in [9.17, 15) is 15.0 Å². The summed E-state index contributed by atoms with van der Waals surface area (Å²) in [5.74, 6) is -1.43. The molecule has 0 bridgehead atoms. The van der Waals surface area contributed by atoms with Gasteiger partial charge in [0.15, 0.2) is 11.5 Å². The van der Waals surface area contributed by atoms with Crippen LogP contribution >= 0.6 is 12.2 Å². The summed E-state index contributed by atoms with van der Waals surface area (Å²) in [6, 6.07) is 12.5. The smallest absolute Gasteiger partial charge is 0.256 e. The first kappa shape index (κ1) is 14.8. The molecule has 2 aromatic rings. The van der Waals surface area contributed by atoms with Crippen LogP contribution in [0.2, 0.25) is 0 Å². The van der Waals surface area contributed by atoms with E-state index in [0.29, 0.717) is 0 Å². The maximum atomic E-state index is 12.2. The fourth-order valence-electron chi connectivity index (χ4n) is 1.89. The molecular weight excluding hydrogens is 288 g/mol. The maximum absolute atomic E-state index is 12.2. The first-order chi connectivity index (χ1) is 10.0. The normalized spacial score (nSPS) is 11.6. The Bertz CT molecular complexity index is 674. The first-order valence-electron chi connectivity index (χ1n) is 6.16. The van der Waals surface area contributed by atoms with E-state index in [4.69, 9.17) is 18.0 Å². The second-order valence-electron chi connectivity index (χ2n) is 4.39. The molecule has 108 valence electrons. The molecule has 2 aromatic carbocycles. The van der Waals surface area contributed by atoms with Crippen LogP contribution in [-0.2, 0) is 0 Å². The molecule has 0 heterocycles. The minimum Gasteiger partial charge on any atom is -0.504 e. The number of carbonyl (C=O) groups excluding carboxylic acids is 1. The Kier molecular flexibility index (Phi) is 4.39. The van der Waals surface area contributed by atoms with Crippen LogP contribution in [-0.4, -0.2) is 21.1 Å². The van der Waals surface area contributed by atoms with Crippen molar-refractivity contribution >= 4 is 23.1 Å². The molecule has 0 spiro atoms. The Balaban J connectivity index is 2.28. The molecule has 1 unspecified atom stereocenters. The van der Waals surface area contributed by atoms with Gasteiger partial charge in [-0.05, 0) is 17.7 Å². The average molecular weight is 302 g/mol. The van der Waals surface area contributed by atoms with Crippen LogP contribution < -0.4 is 11.1 Å². The Morgan fingerprint density at radius 3 is 2.38 bits per heavy atom. The summed E-state index contributed by atoms with van der Waals surface area (Å²) in [5.41, 5.74) is 6.35. The minimum atomic E-state index is -0.657. The van der Waals surface area contributed by atoms with E-state index >= 15 is 0 Å². The van der Waals surface area contributed by atoms with Crippen LogP contribution in [0.25, 0.3) is 0 Å². The molecule has 0 aliphatic rings. The number of benzene rings is 2. The van der Waals surface area contributed by atoms with Crippen molar-refractivity contribution in [1.29, 1.82) is 0 Å². The van der Waals surface area contributed by atoms with Crippen LogP contribution in [0, 0.1) is 0 Å². The summed E-state index contributed by atoms with van der Waals surface area (Å²) < 4.78 is 0. The summed E-state index contributed by atoms with van der Waals surface area (Å²) in [5, 5.41) is 21.8. The van der Waals surface area contributed by atoms with Crippen LogP contribution in [0.15, 0.2) is 48.5 Å². The van der Waals surface area contributed by atoms with Gasteiger partial charge in [0.1, 0.15) is 11.0 Å². The van der Waals surface area contributed by atoms with Crippen molar-refractivity contribution in [2.45, 2.75) is 6.04 Å². The third-order valence-electron chi connectivity index (χ3n) is 2.95. The topological polar surface area (TPSA) is 95.6 Å². The highest BCUT2D eigenvalue weighted by Gasteiger charge is 2.20. The number of nitrogens with two attached hydrogens (primary N) is 1. The van der Waals surface area contributed by atoms with Crippen LogP contribution in [0.3, 0.4) is 0 Å². The van der Waals surface area contributed by atoms with Crippen molar-refractivity contribution in [3.8, 4) is 11.5 Å². The summed E-state index contributed by atoms with van der Waals surface area (Å²) >= 11 is 4.98. The van der Waals surface area contributed by atoms with Crippen molar-refractivity contribution in [2.24, 2.45) is 5.73 Å². The Morgan fingerprint density at radius 2 is 1.76 bits per heavy atom. The summed E-state index contributed by atoms with van der Waals surface area (Å²) in [6.45, 7) is 0. The van der Waals surface area contributed by atoms with Gasteiger partial charge in [-0.2, -0.15) is 0 Å². The largest absolute Gasteiger partial charge is 0.504 e. The standard InChI is InChI=1S/C15H14N2O3S/c16-14(21)12(9-5-2-1-3-6-9)17-15(20)10-7-4-8-11(18)13(10)19/h1-8,12,18-19H,(H2,16,21)(H,17,20). The molecule has 0 saturated heterocycles. The monoisotopic (exact) mass is 302 g/mol. The molecule has 0 aromatic heterocycles. The summed E-state index contributed by atoms with van der Waals surface area (Å²) in [4.78, 5) is 12.3. The third kappa shape index (κ3) is 3.29. The van der Waals surface area contributed by atoms with E-state index in [-0.39, 0.29) is 16.3 Å². The summed E-state index contributed by atoms with van der Waals surface area (Å²) in [7, 11) is 0. The van der Waals surface area contributed by atoms with Gasteiger partial charge < -0.3 is 21.3 Å². The van der Waals surface area contributed by atoms with Gasteiger partial charge in [0, 0.05) is 0 Å². The van der Waals surface area contributed by atoms with Crippen molar-refractivity contribution in [3.05, 3.63) is 59.7 Å². The van der Waals surface area contributed by atoms with E-state index < -0.39 is 17.7 Å². The van der Waals surface area contributed by atoms with E-state index in [0.717, 1.165) is 5.56 Å². The lowest BCUT2D eigenvalue weighted by Crippen LogP contribution is -2.36. The molecule has 0 aliphatic carbocycles.